The molecule has 1 heterocycles. The summed E-state index contributed by atoms with van der Waals surface area (Å²) in [5, 5.41) is 9.93. The Balaban J connectivity index is 0.00000208. The highest BCUT2D eigenvalue weighted by molar-refractivity contribution is 5.87. The summed E-state index contributed by atoms with van der Waals surface area (Å²) < 4.78 is 13.4. The average Bonchev–Trinajstić information content (AvgIpc) is 2.53. The van der Waals surface area contributed by atoms with Gasteiger partial charge < -0.3 is 5.11 Å². The molecule has 0 amide bonds. The summed E-state index contributed by atoms with van der Waals surface area (Å²) in [7, 11) is 0. The van der Waals surface area contributed by atoms with E-state index in [1.165, 1.54) is 12.1 Å². The molecule has 2 aromatic carbocycles. The number of carboxylic acids is 1. The fourth-order valence-corrected chi connectivity index (χ4v) is 2.80. The van der Waals surface area contributed by atoms with Crippen LogP contribution in [0.25, 0.3) is 22.0 Å². The van der Waals surface area contributed by atoms with Crippen LogP contribution in [-0.2, 0) is 4.79 Å². The Hall–Kier alpha value is -2.46. The Labute approximate surface area is 145 Å². The van der Waals surface area contributed by atoms with Crippen LogP contribution in [0.2, 0.25) is 0 Å². The molecule has 0 spiro atoms. The van der Waals surface area contributed by atoms with Crippen LogP contribution in [0.1, 0.15) is 24.8 Å². The number of carbonyl (C=O) groups is 1. The number of pyridine rings is 1. The lowest BCUT2D eigenvalue weighted by molar-refractivity contribution is -0.137. The van der Waals surface area contributed by atoms with Crippen LogP contribution in [0.15, 0.2) is 54.7 Å². The molecule has 3 nitrogen and oxygen atoms in total. The van der Waals surface area contributed by atoms with E-state index in [1.54, 1.807) is 12.3 Å². The predicted octanol–water partition coefficient (Wildman–Crippen LogP) is 5.04. The van der Waals surface area contributed by atoms with Crippen LogP contribution in [0.3, 0.4) is 0 Å². The highest BCUT2D eigenvalue weighted by Crippen LogP contribution is 2.30. The maximum atomic E-state index is 13.4. The van der Waals surface area contributed by atoms with Crippen molar-refractivity contribution in [3.05, 3.63) is 66.1 Å². The summed E-state index contributed by atoms with van der Waals surface area (Å²) in [6.45, 7) is 1.89. The first kappa shape index (κ1) is 17.9. The second kappa shape index (κ2) is 7.41. The number of aromatic nitrogens is 1. The largest absolute Gasteiger partial charge is 0.481 e. The molecule has 1 aromatic heterocycles. The molecule has 0 radical (unpaired) electrons. The van der Waals surface area contributed by atoms with Gasteiger partial charge in [0.2, 0.25) is 0 Å². The van der Waals surface area contributed by atoms with Crippen LogP contribution >= 0.6 is 12.4 Å². The van der Waals surface area contributed by atoms with Crippen molar-refractivity contribution >= 4 is 29.3 Å². The van der Waals surface area contributed by atoms with Crippen molar-refractivity contribution in [2.45, 2.75) is 19.3 Å². The minimum absolute atomic E-state index is 0. The molecular weight excluding hydrogens is 329 g/mol. The van der Waals surface area contributed by atoms with E-state index in [9.17, 15) is 9.18 Å². The van der Waals surface area contributed by atoms with E-state index in [2.05, 4.69) is 4.98 Å². The summed E-state index contributed by atoms with van der Waals surface area (Å²) in [6, 6.07) is 14.0. The molecule has 3 aromatic rings. The molecule has 0 aliphatic carbocycles. The van der Waals surface area contributed by atoms with Crippen molar-refractivity contribution in [2.24, 2.45) is 0 Å². The number of rotatable bonds is 4. The molecule has 1 unspecified atom stereocenters. The standard InChI is InChI=1S/C19H16FNO2.ClH/c1-12(8-19(22)23)16-6-3-7-18-17(16)10-14(11-21-18)13-4-2-5-15(20)9-13;/h2-7,9-12H,8H2,1H3,(H,22,23);1H. The molecule has 5 heteroatoms. The Kier molecular flexibility index (Phi) is 5.52. The number of carboxylic acid groups (broad SMARTS) is 1. The number of nitrogens with zero attached hydrogens (tertiary/aromatic N) is 1. The fourth-order valence-electron chi connectivity index (χ4n) is 2.80. The third kappa shape index (κ3) is 3.71. The van der Waals surface area contributed by atoms with Gasteiger partial charge in [-0.05, 0) is 41.3 Å². The lowest BCUT2D eigenvalue weighted by Gasteiger charge is -2.13. The van der Waals surface area contributed by atoms with Crippen molar-refractivity contribution in [3.63, 3.8) is 0 Å². The van der Waals surface area contributed by atoms with Crippen molar-refractivity contribution in [3.8, 4) is 11.1 Å². The van der Waals surface area contributed by atoms with Gasteiger partial charge >= 0.3 is 5.97 Å². The third-order valence-corrected chi connectivity index (χ3v) is 3.93. The molecular formula is C19H17ClFNO2. The normalized spacial score (nSPS) is 11.8. The Morgan fingerprint density at radius 1 is 1.17 bits per heavy atom. The molecule has 1 N–H and O–H groups in total. The van der Waals surface area contributed by atoms with E-state index < -0.39 is 5.97 Å². The Bertz CT molecular complexity index is 882. The molecule has 0 saturated heterocycles. The van der Waals surface area contributed by atoms with Crippen molar-refractivity contribution in [1.82, 2.24) is 4.98 Å². The van der Waals surface area contributed by atoms with Gasteiger partial charge in [-0.25, -0.2) is 4.39 Å². The smallest absolute Gasteiger partial charge is 0.303 e. The monoisotopic (exact) mass is 345 g/mol. The Morgan fingerprint density at radius 3 is 2.62 bits per heavy atom. The maximum absolute atomic E-state index is 13.4. The van der Waals surface area contributed by atoms with Crippen LogP contribution in [0.5, 0.6) is 0 Å². The van der Waals surface area contributed by atoms with Crippen LogP contribution in [0, 0.1) is 5.82 Å². The summed E-state index contributed by atoms with van der Waals surface area (Å²) in [5.74, 6) is -1.25. The van der Waals surface area contributed by atoms with Gasteiger partial charge in [-0.15, -0.1) is 12.4 Å². The predicted molar refractivity (Wildman–Crippen MR) is 95.1 cm³/mol. The quantitative estimate of drug-likeness (QED) is 0.720. The molecule has 0 bridgehead atoms. The zero-order valence-corrected chi connectivity index (χ0v) is 13.9. The first-order valence-electron chi connectivity index (χ1n) is 7.41. The highest BCUT2D eigenvalue weighted by atomic mass is 35.5. The van der Waals surface area contributed by atoms with Gasteiger partial charge in [-0.3, -0.25) is 9.78 Å². The molecule has 1 atom stereocenters. The minimum Gasteiger partial charge on any atom is -0.481 e. The Morgan fingerprint density at radius 2 is 1.92 bits per heavy atom. The molecule has 3 rings (SSSR count). The summed E-state index contributed by atoms with van der Waals surface area (Å²) in [5.41, 5.74) is 3.31. The van der Waals surface area contributed by atoms with Crippen LogP contribution < -0.4 is 0 Å². The fraction of sp³-hybridized carbons (Fsp3) is 0.158. The van der Waals surface area contributed by atoms with Gasteiger partial charge in [0.05, 0.1) is 11.9 Å². The van der Waals surface area contributed by atoms with Gasteiger partial charge in [0, 0.05) is 17.1 Å². The number of halogens is 2. The van der Waals surface area contributed by atoms with Crippen LogP contribution in [0.4, 0.5) is 4.39 Å². The van der Waals surface area contributed by atoms with E-state index >= 15 is 0 Å². The highest BCUT2D eigenvalue weighted by Gasteiger charge is 2.14. The number of benzene rings is 2. The first-order chi connectivity index (χ1) is 11.0. The van der Waals surface area contributed by atoms with Gasteiger partial charge in [-0.2, -0.15) is 0 Å². The maximum Gasteiger partial charge on any atom is 0.303 e. The molecule has 0 saturated carbocycles. The van der Waals surface area contributed by atoms with Crippen LogP contribution in [-0.4, -0.2) is 16.1 Å². The zero-order chi connectivity index (χ0) is 16.4. The number of aliphatic carboxylic acids is 1. The molecule has 0 aliphatic rings. The topological polar surface area (TPSA) is 50.2 Å². The third-order valence-electron chi connectivity index (χ3n) is 3.93. The van der Waals surface area contributed by atoms with E-state index in [1.807, 2.05) is 37.3 Å². The van der Waals surface area contributed by atoms with E-state index in [4.69, 9.17) is 5.11 Å². The van der Waals surface area contributed by atoms with E-state index in [0.29, 0.717) is 0 Å². The lowest BCUT2D eigenvalue weighted by Crippen LogP contribution is -2.03. The average molecular weight is 346 g/mol. The number of fused-ring (bicyclic) bond motifs is 1. The minimum atomic E-state index is -0.830. The van der Waals surface area contributed by atoms with Gasteiger partial charge in [0.1, 0.15) is 5.82 Å². The molecule has 0 aliphatic heterocycles. The van der Waals surface area contributed by atoms with Crippen molar-refractivity contribution in [2.75, 3.05) is 0 Å². The summed E-state index contributed by atoms with van der Waals surface area (Å²) in [4.78, 5) is 15.4. The van der Waals surface area contributed by atoms with Gasteiger partial charge in [0.15, 0.2) is 0 Å². The summed E-state index contributed by atoms with van der Waals surface area (Å²) in [6.07, 6.45) is 1.77. The van der Waals surface area contributed by atoms with Crippen molar-refractivity contribution < 1.29 is 14.3 Å². The van der Waals surface area contributed by atoms with E-state index in [-0.39, 0.29) is 30.6 Å². The first-order valence-corrected chi connectivity index (χ1v) is 7.41. The molecule has 0 fully saturated rings. The number of hydrogen-bond acceptors (Lipinski definition) is 2. The second-order valence-corrected chi connectivity index (χ2v) is 5.65. The van der Waals surface area contributed by atoms with E-state index in [0.717, 1.165) is 27.6 Å². The zero-order valence-electron chi connectivity index (χ0n) is 13.1. The molecule has 124 valence electrons. The van der Waals surface area contributed by atoms with Crippen molar-refractivity contribution in [1.29, 1.82) is 0 Å². The summed E-state index contributed by atoms with van der Waals surface area (Å²) >= 11 is 0. The van der Waals surface area contributed by atoms with Gasteiger partial charge in [0.25, 0.3) is 0 Å². The molecule has 24 heavy (non-hydrogen) atoms. The SMILES string of the molecule is CC(CC(=O)O)c1cccc2ncc(-c3cccc(F)c3)cc12.Cl. The number of hydrogen-bond donors (Lipinski definition) is 1. The second-order valence-electron chi connectivity index (χ2n) is 5.65. The lowest BCUT2D eigenvalue weighted by atomic mass is 9.93. The van der Waals surface area contributed by atoms with Gasteiger partial charge in [-0.1, -0.05) is 31.2 Å².